The Labute approximate surface area is 207 Å². The first-order chi connectivity index (χ1) is 16.1. The van der Waals surface area contributed by atoms with E-state index in [1.165, 1.54) is 64.2 Å². The summed E-state index contributed by atoms with van der Waals surface area (Å²) in [6.07, 6.45) is 14.9. The summed E-state index contributed by atoms with van der Waals surface area (Å²) >= 11 is 0. The van der Waals surface area contributed by atoms with Crippen LogP contribution in [0.3, 0.4) is 0 Å². The van der Waals surface area contributed by atoms with Gasteiger partial charge in [0.15, 0.2) is 0 Å². The fourth-order valence-electron chi connectivity index (χ4n) is 3.90. The molecule has 2 N–H and O–H groups in total. The van der Waals surface area contributed by atoms with Crippen molar-refractivity contribution in [3.05, 3.63) is 0 Å². The Morgan fingerprint density at radius 1 is 0.455 bits per heavy atom. The van der Waals surface area contributed by atoms with Crippen LogP contribution in [0.25, 0.3) is 0 Å². The van der Waals surface area contributed by atoms with Gasteiger partial charge in [-0.25, -0.2) is 0 Å². The summed E-state index contributed by atoms with van der Waals surface area (Å²) in [4.78, 5) is 0. The largest absolute Gasteiger partial charge is 0.493 e. The summed E-state index contributed by atoms with van der Waals surface area (Å²) in [6, 6.07) is 1.50. The van der Waals surface area contributed by atoms with Gasteiger partial charge in [-0.3, -0.25) is 0 Å². The number of nitrogens with one attached hydrogen (secondary N) is 2. The standard InChI is InChI=1S/C24H56N2O5Si2/c1-7-9-11-13-15-19-25-21-17-23-32(27-3,28-4)31-33(29-5,30-6)24-18-22-26-20-16-14-12-10-8-2/h25-26H,7-24H2,1-6H3. The van der Waals surface area contributed by atoms with E-state index in [1.54, 1.807) is 28.4 Å². The number of rotatable bonds is 26. The summed E-state index contributed by atoms with van der Waals surface area (Å²) in [5.41, 5.74) is 0. The molecule has 9 heteroatoms. The maximum Gasteiger partial charge on any atom is 0.493 e. The first kappa shape index (κ1) is 33.2. The van der Waals surface area contributed by atoms with Gasteiger partial charge in [-0.15, -0.1) is 0 Å². The van der Waals surface area contributed by atoms with Crippen LogP contribution in [0.4, 0.5) is 0 Å². The minimum absolute atomic E-state index is 0.750. The van der Waals surface area contributed by atoms with Crippen LogP contribution in [-0.4, -0.2) is 72.2 Å². The highest BCUT2D eigenvalue weighted by molar-refractivity contribution is 6.74. The van der Waals surface area contributed by atoms with E-state index in [4.69, 9.17) is 21.8 Å². The summed E-state index contributed by atoms with van der Waals surface area (Å²) in [6.45, 7) is 8.52. The molecule has 0 heterocycles. The molecule has 0 aromatic carbocycles. The Balaban J connectivity index is 4.36. The third kappa shape index (κ3) is 16.5. The molecule has 0 bridgehead atoms. The lowest BCUT2D eigenvalue weighted by Crippen LogP contribution is -2.57. The molecule has 0 fully saturated rings. The highest BCUT2D eigenvalue weighted by atomic mass is 28.5. The first-order valence-electron chi connectivity index (χ1n) is 13.4. The van der Waals surface area contributed by atoms with Gasteiger partial charge in [-0.1, -0.05) is 65.2 Å². The molecule has 0 saturated carbocycles. The second kappa shape index (κ2) is 22.6. The molecule has 0 atom stereocenters. The molecule has 33 heavy (non-hydrogen) atoms. The predicted octanol–water partition coefficient (Wildman–Crippen LogP) is 5.37. The predicted molar refractivity (Wildman–Crippen MR) is 143 cm³/mol. The molecule has 200 valence electrons. The molecule has 0 aliphatic carbocycles. The van der Waals surface area contributed by atoms with Crippen molar-refractivity contribution >= 4 is 17.6 Å². The summed E-state index contributed by atoms with van der Waals surface area (Å²) in [5, 5.41) is 7.08. The molecule has 0 amide bonds. The van der Waals surface area contributed by atoms with E-state index >= 15 is 0 Å². The average molecular weight is 509 g/mol. The molecule has 0 unspecified atom stereocenters. The van der Waals surface area contributed by atoms with Gasteiger partial charge in [-0.2, -0.15) is 0 Å². The molecule has 0 rings (SSSR count). The van der Waals surface area contributed by atoms with Gasteiger partial charge in [0.05, 0.1) is 0 Å². The number of unbranched alkanes of at least 4 members (excludes halogenated alkanes) is 8. The fourth-order valence-corrected chi connectivity index (χ4v) is 10.3. The molecule has 0 saturated heterocycles. The van der Waals surface area contributed by atoms with Gasteiger partial charge in [0, 0.05) is 40.5 Å². The van der Waals surface area contributed by atoms with Gasteiger partial charge in [-0.05, 0) is 51.9 Å². The van der Waals surface area contributed by atoms with E-state index < -0.39 is 17.6 Å². The van der Waals surface area contributed by atoms with Crippen molar-refractivity contribution in [1.29, 1.82) is 0 Å². The summed E-state index contributed by atoms with van der Waals surface area (Å²) in [5.74, 6) is 0. The lowest BCUT2D eigenvalue weighted by Gasteiger charge is -2.35. The topological polar surface area (TPSA) is 70.2 Å². The second-order valence-electron chi connectivity index (χ2n) is 8.82. The van der Waals surface area contributed by atoms with Crippen LogP contribution in [-0.2, 0) is 21.8 Å². The van der Waals surface area contributed by atoms with E-state index in [9.17, 15) is 0 Å². The maximum atomic E-state index is 6.50. The molecule has 0 aromatic rings. The van der Waals surface area contributed by atoms with Crippen LogP contribution in [0.15, 0.2) is 0 Å². The van der Waals surface area contributed by atoms with Crippen molar-refractivity contribution in [2.45, 2.75) is 103 Å². The smallest absolute Gasteiger partial charge is 0.377 e. The highest BCUT2D eigenvalue weighted by Crippen LogP contribution is 2.26. The number of hydrogen-bond donors (Lipinski definition) is 2. The van der Waals surface area contributed by atoms with Gasteiger partial charge < -0.3 is 32.5 Å². The maximum absolute atomic E-state index is 6.50. The van der Waals surface area contributed by atoms with Crippen molar-refractivity contribution < 1.29 is 21.8 Å². The molecule has 0 aromatic heterocycles. The molecular formula is C24H56N2O5Si2. The minimum Gasteiger partial charge on any atom is -0.377 e. The monoisotopic (exact) mass is 508 g/mol. The molecule has 7 nitrogen and oxygen atoms in total. The Hall–Kier alpha value is 0.154. The van der Waals surface area contributed by atoms with Gasteiger partial charge in [0.1, 0.15) is 0 Å². The molecular weight excluding hydrogens is 452 g/mol. The van der Waals surface area contributed by atoms with E-state index in [2.05, 4.69) is 24.5 Å². The zero-order valence-electron chi connectivity index (χ0n) is 22.8. The van der Waals surface area contributed by atoms with Crippen molar-refractivity contribution in [1.82, 2.24) is 10.6 Å². The Bertz CT molecular complexity index is 378. The lowest BCUT2D eigenvalue weighted by molar-refractivity contribution is 0.0859. The lowest BCUT2D eigenvalue weighted by atomic mass is 10.1. The SMILES string of the molecule is CCCCCCCNCCC[Si](OC)(OC)O[Si](CCCNCCCCCCC)(OC)OC. The normalized spacial score (nSPS) is 12.5. The van der Waals surface area contributed by atoms with Crippen molar-refractivity contribution in [2.24, 2.45) is 0 Å². The van der Waals surface area contributed by atoms with Crippen LogP contribution in [0.5, 0.6) is 0 Å². The van der Waals surface area contributed by atoms with Gasteiger partial charge >= 0.3 is 17.6 Å². The zero-order chi connectivity index (χ0) is 24.7. The van der Waals surface area contributed by atoms with Crippen LogP contribution >= 0.6 is 0 Å². The number of hydrogen-bond acceptors (Lipinski definition) is 7. The highest BCUT2D eigenvalue weighted by Gasteiger charge is 2.51. The van der Waals surface area contributed by atoms with E-state index in [0.717, 1.165) is 51.1 Å². The van der Waals surface area contributed by atoms with Crippen molar-refractivity contribution in [2.75, 3.05) is 54.6 Å². The zero-order valence-corrected chi connectivity index (χ0v) is 24.8. The Morgan fingerprint density at radius 3 is 1.12 bits per heavy atom. The van der Waals surface area contributed by atoms with E-state index in [-0.39, 0.29) is 0 Å². The van der Waals surface area contributed by atoms with E-state index in [1.807, 2.05) is 0 Å². The third-order valence-electron chi connectivity index (χ3n) is 6.14. The van der Waals surface area contributed by atoms with Gasteiger partial charge in [0.25, 0.3) is 0 Å². The Kier molecular flexibility index (Phi) is 22.7. The summed E-state index contributed by atoms with van der Waals surface area (Å²) in [7, 11) is 1.03. The minimum atomic E-state index is -2.85. The van der Waals surface area contributed by atoms with Crippen LogP contribution < -0.4 is 10.6 Å². The first-order valence-corrected chi connectivity index (χ1v) is 17.3. The van der Waals surface area contributed by atoms with E-state index in [0.29, 0.717) is 0 Å². The average Bonchev–Trinajstić information content (AvgIpc) is 2.85. The van der Waals surface area contributed by atoms with Crippen LogP contribution in [0.1, 0.15) is 90.9 Å². The second-order valence-corrected chi connectivity index (χ2v) is 15.0. The Morgan fingerprint density at radius 2 is 0.788 bits per heavy atom. The molecule has 0 radical (unpaired) electrons. The molecule has 0 spiro atoms. The molecule has 0 aliphatic rings. The quantitative estimate of drug-likeness (QED) is 0.120. The molecule has 0 aliphatic heterocycles. The summed E-state index contributed by atoms with van der Waals surface area (Å²) < 4.78 is 29.8. The third-order valence-corrected chi connectivity index (χ3v) is 13.1. The van der Waals surface area contributed by atoms with Crippen molar-refractivity contribution in [3.63, 3.8) is 0 Å². The van der Waals surface area contributed by atoms with Gasteiger partial charge in [0.2, 0.25) is 0 Å². The van der Waals surface area contributed by atoms with Crippen molar-refractivity contribution in [3.8, 4) is 0 Å². The van der Waals surface area contributed by atoms with Crippen LogP contribution in [0, 0.1) is 0 Å². The fraction of sp³-hybridized carbons (Fsp3) is 1.00. The van der Waals surface area contributed by atoms with Crippen LogP contribution in [0.2, 0.25) is 12.1 Å².